The standard InChI is InChI=1S/C10H8N2OS/c1-12-9-3-2-8(14-6-11)4-7(9)5-10(12)13/h2-4H,5H2,1H3. The van der Waals surface area contributed by atoms with Crippen LogP contribution in [0.25, 0.3) is 0 Å². The van der Waals surface area contributed by atoms with Gasteiger partial charge in [-0.15, -0.1) is 0 Å². The fourth-order valence-corrected chi connectivity index (χ4v) is 2.01. The van der Waals surface area contributed by atoms with Gasteiger partial charge in [0.2, 0.25) is 5.91 Å². The average molecular weight is 204 g/mol. The van der Waals surface area contributed by atoms with Gasteiger partial charge in [-0.25, -0.2) is 0 Å². The minimum absolute atomic E-state index is 0.110. The highest BCUT2D eigenvalue weighted by Crippen LogP contribution is 2.31. The Morgan fingerprint density at radius 2 is 2.36 bits per heavy atom. The maximum Gasteiger partial charge on any atom is 0.231 e. The third-order valence-corrected chi connectivity index (χ3v) is 2.87. The van der Waals surface area contributed by atoms with Crippen molar-refractivity contribution in [1.29, 1.82) is 5.26 Å². The molecule has 3 nitrogen and oxygen atoms in total. The van der Waals surface area contributed by atoms with Crippen LogP contribution < -0.4 is 4.90 Å². The van der Waals surface area contributed by atoms with Crippen LogP contribution in [0.15, 0.2) is 23.1 Å². The lowest BCUT2D eigenvalue weighted by Gasteiger charge is -2.09. The van der Waals surface area contributed by atoms with E-state index >= 15 is 0 Å². The van der Waals surface area contributed by atoms with Gasteiger partial charge in [0.05, 0.1) is 6.42 Å². The summed E-state index contributed by atoms with van der Waals surface area (Å²) in [5, 5.41) is 10.5. The number of hydrogen-bond donors (Lipinski definition) is 0. The van der Waals surface area contributed by atoms with Crippen molar-refractivity contribution in [2.45, 2.75) is 11.3 Å². The summed E-state index contributed by atoms with van der Waals surface area (Å²) in [4.78, 5) is 13.9. The number of benzene rings is 1. The molecule has 0 aromatic heterocycles. The van der Waals surface area contributed by atoms with Gasteiger partial charge >= 0.3 is 0 Å². The van der Waals surface area contributed by atoms with Gasteiger partial charge in [-0.05, 0) is 35.5 Å². The van der Waals surface area contributed by atoms with Crippen LogP contribution in [0.4, 0.5) is 5.69 Å². The molecule has 0 fully saturated rings. The predicted octanol–water partition coefficient (Wildman–Crippen LogP) is 1.78. The van der Waals surface area contributed by atoms with E-state index in [9.17, 15) is 4.79 Å². The number of thioether (sulfide) groups is 1. The van der Waals surface area contributed by atoms with E-state index in [1.807, 2.05) is 23.6 Å². The average Bonchev–Trinajstić information content (AvgIpc) is 2.43. The lowest BCUT2D eigenvalue weighted by atomic mass is 10.2. The molecule has 1 aliphatic rings. The molecule has 1 aromatic carbocycles. The fraction of sp³-hybridized carbons (Fsp3) is 0.200. The zero-order chi connectivity index (χ0) is 10.1. The third kappa shape index (κ3) is 1.36. The molecule has 0 saturated carbocycles. The first-order valence-electron chi connectivity index (χ1n) is 4.18. The summed E-state index contributed by atoms with van der Waals surface area (Å²) in [6.07, 6.45) is 0.450. The molecule has 2 rings (SSSR count). The highest BCUT2D eigenvalue weighted by molar-refractivity contribution is 8.03. The van der Waals surface area contributed by atoms with E-state index in [2.05, 4.69) is 0 Å². The second-order valence-corrected chi connectivity index (χ2v) is 3.97. The second-order valence-electron chi connectivity index (χ2n) is 3.11. The summed E-state index contributed by atoms with van der Waals surface area (Å²) in [6, 6.07) is 5.66. The minimum atomic E-state index is 0.110. The number of nitriles is 1. The van der Waals surface area contributed by atoms with E-state index in [1.54, 1.807) is 11.9 Å². The number of fused-ring (bicyclic) bond motifs is 1. The van der Waals surface area contributed by atoms with Crippen LogP contribution in [0, 0.1) is 10.7 Å². The number of hydrogen-bond acceptors (Lipinski definition) is 3. The number of nitrogens with zero attached hydrogens (tertiary/aromatic N) is 2. The normalized spacial score (nSPS) is 14.0. The molecule has 70 valence electrons. The lowest BCUT2D eigenvalue weighted by molar-refractivity contribution is -0.117. The molecular weight excluding hydrogens is 196 g/mol. The van der Waals surface area contributed by atoms with Crippen LogP contribution in [-0.4, -0.2) is 13.0 Å². The van der Waals surface area contributed by atoms with Crippen LogP contribution in [0.1, 0.15) is 5.56 Å². The molecule has 0 N–H and O–H groups in total. The zero-order valence-corrected chi connectivity index (χ0v) is 8.47. The molecule has 1 aliphatic heterocycles. The van der Waals surface area contributed by atoms with E-state index in [0.717, 1.165) is 27.9 Å². The summed E-state index contributed by atoms with van der Waals surface area (Å²) in [5.41, 5.74) is 1.97. The highest BCUT2D eigenvalue weighted by Gasteiger charge is 2.23. The Balaban J connectivity index is 2.40. The highest BCUT2D eigenvalue weighted by atomic mass is 32.2. The van der Waals surface area contributed by atoms with E-state index in [-0.39, 0.29) is 5.91 Å². The second kappa shape index (κ2) is 3.35. The maximum atomic E-state index is 11.4. The zero-order valence-electron chi connectivity index (χ0n) is 7.65. The molecule has 0 spiro atoms. The molecule has 0 saturated heterocycles. The van der Waals surface area contributed by atoms with Crippen LogP contribution in [0.5, 0.6) is 0 Å². The van der Waals surface area contributed by atoms with Crippen molar-refractivity contribution in [3.05, 3.63) is 23.8 Å². The largest absolute Gasteiger partial charge is 0.315 e. The van der Waals surface area contributed by atoms with Crippen molar-refractivity contribution in [2.75, 3.05) is 11.9 Å². The summed E-state index contributed by atoms with van der Waals surface area (Å²) in [7, 11) is 1.77. The minimum Gasteiger partial charge on any atom is -0.315 e. The summed E-state index contributed by atoms with van der Waals surface area (Å²) in [6.45, 7) is 0. The van der Waals surface area contributed by atoms with Crippen molar-refractivity contribution in [3.8, 4) is 5.40 Å². The Morgan fingerprint density at radius 1 is 1.57 bits per heavy atom. The monoisotopic (exact) mass is 204 g/mol. The Bertz CT molecular complexity index is 436. The van der Waals surface area contributed by atoms with E-state index < -0.39 is 0 Å². The number of amides is 1. The molecule has 0 radical (unpaired) electrons. The van der Waals surface area contributed by atoms with Gasteiger partial charge in [-0.1, -0.05) is 0 Å². The van der Waals surface area contributed by atoms with Gasteiger partial charge in [0.25, 0.3) is 0 Å². The van der Waals surface area contributed by atoms with Crippen molar-refractivity contribution in [3.63, 3.8) is 0 Å². The number of carbonyl (C=O) groups is 1. The maximum absolute atomic E-state index is 11.4. The SMILES string of the molecule is CN1C(=O)Cc2cc(SC#N)ccc21. The number of rotatable bonds is 1. The Kier molecular flexibility index (Phi) is 2.18. The fourth-order valence-electron chi connectivity index (χ4n) is 1.56. The van der Waals surface area contributed by atoms with Gasteiger partial charge in [-0.3, -0.25) is 4.79 Å². The molecule has 0 aliphatic carbocycles. The Hall–Kier alpha value is -1.47. The number of anilines is 1. The lowest BCUT2D eigenvalue weighted by Crippen LogP contribution is -2.20. The van der Waals surface area contributed by atoms with Crippen molar-refractivity contribution in [2.24, 2.45) is 0 Å². The number of likely N-dealkylation sites (N-methyl/N-ethyl adjacent to an activating group) is 1. The molecule has 1 amide bonds. The van der Waals surface area contributed by atoms with Crippen LogP contribution in [-0.2, 0) is 11.2 Å². The van der Waals surface area contributed by atoms with E-state index in [0.29, 0.717) is 6.42 Å². The molecule has 0 bridgehead atoms. The Morgan fingerprint density at radius 3 is 3.07 bits per heavy atom. The molecule has 14 heavy (non-hydrogen) atoms. The molecule has 1 aromatic rings. The first kappa shape index (κ1) is 9.10. The van der Waals surface area contributed by atoms with Crippen molar-refractivity contribution in [1.82, 2.24) is 0 Å². The molecule has 0 unspecified atom stereocenters. The summed E-state index contributed by atoms with van der Waals surface area (Å²) < 4.78 is 0. The van der Waals surface area contributed by atoms with Gasteiger partial charge < -0.3 is 4.90 Å². The van der Waals surface area contributed by atoms with Crippen LogP contribution >= 0.6 is 11.8 Å². The van der Waals surface area contributed by atoms with Crippen molar-refractivity contribution < 1.29 is 4.79 Å². The van der Waals surface area contributed by atoms with Gasteiger partial charge in [0.1, 0.15) is 5.40 Å². The van der Waals surface area contributed by atoms with E-state index in [4.69, 9.17) is 5.26 Å². The summed E-state index contributed by atoms with van der Waals surface area (Å²) >= 11 is 1.12. The first-order chi connectivity index (χ1) is 6.72. The van der Waals surface area contributed by atoms with Gasteiger partial charge in [0, 0.05) is 17.6 Å². The smallest absolute Gasteiger partial charge is 0.231 e. The first-order valence-corrected chi connectivity index (χ1v) is 4.99. The molecular formula is C10H8N2OS. The number of carbonyl (C=O) groups excluding carboxylic acids is 1. The van der Waals surface area contributed by atoms with Crippen LogP contribution in [0.2, 0.25) is 0 Å². The molecule has 4 heteroatoms. The van der Waals surface area contributed by atoms with E-state index in [1.165, 1.54) is 0 Å². The molecule has 0 atom stereocenters. The summed E-state index contributed by atoms with van der Waals surface area (Å²) in [5.74, 6) is 0.110. The predicted molar refractivity (Wildman–Crippen MR) is 55.0 cm³/mol. The molecule has 1 heterocycles. The third-order valence-electron chi connectivity index (χ3n) is 2.29. The topological polar surface area (TPSA) is 44.1 Å². The van der Waals surface area contributed by atoms with Gasteiger partial charge in [0.15, 0.2) is 0 Å². The number of thiocyanates is 1. The van der Waals surface area contributed by atoms with Crippen LogP contribution in [0.3, 0.4) is 0 Å². The quantitative estimate of drug-likeness (QED) is 0.517. The Labute approximate surface area is 86.3 Å². The van der Waals surface area contributed by atoms with Crippen molar-refractivity contribution >= 4 is 23.4 Å². The van der Waals surface area contributed by atoms with Gasteiger partial charge in [-0.2, -0.15) is 5.26 Å².